The fraction of sp³-hybridized carbons (Fsp3) is 0.455. The summed E-state index contributed by atoms with van der Waals surface area (Å²) in [5.41, 5.74) is 2.40. The van der Waals surface area contributed by atoms with Crippen LogP contribution in [0.25, 0.3) is 0 Å². The summed E-state index contributed by atoms with van der Waals surface area (Å²) >= 11 is 1.83. The van der Waals surface area contributed by atoms with Crippen molar-refractivity contribution in [2.24, 2.45) is 0 Å². The highest BCUT2D eigenvalue weighted by Crippen LogP contribution is 2.32. The number of esters is 1. The minimum absolute atomic E-state index is 0.108. The summed E-state index contributed by atoms with van der Waals surface area (Å²) in [6, 6.07) is 10.8. The molecule has 1 aromatic heterocycles. The van der Waals surface area contributed by atoms with Crippen molar-refractivity contribution in [2.45, 2.75) is 45.1 Å². The van der Waals surface area contributed by atoms with Gasteiger partial charge in [0, 0.05) is 17.5 Å². The monoisotopic (exact) mass is 400 g/mol. The Kier molecular flexibility index (Phi) is 7.62. The SMILES string of the molecule is CCCN(CCc1cccs1)[C@H]1CCc2c(cccc2OC(=O)CNC=O)C1. The van der Waals surface area contributed by atoms with Crippen LogP contribution in [0.2, 0.25) is 0 Å². The molecule has 1 heterocycles. The Labute approximate surface area is 170 Å². The maximum Gasteiger partial charge on any atom is 0.330 e. The van der Waals surface area contributed by atoms with Crippen LogP contribution in [0.3, 0.4) is 0 Å². The number of benzene rings is 1. The summed E-state index contributed by atoms with van der Waals surface area (Å²) in [5.74, 6) is 0.195. The van der Waals surface area contributed by atoms with Gasteiger partial charge in [0.15, 0.2) is 0 Å². The van der Waals surface area contributed by atoms with Crippen LogP contribution in [0, 0.1) is 0 Å². The van der Waals surface area contributed by atoms with Crippen LogP contribution in [0.1, 0.15) is 35.8 Å². The van der Waals surface area contributed by atoms with E-state index in [1.807, 2.05) is 23.5 Å². The minimum atomic E-state index is -0.439. The number of nitrogens with one attached hydrogen (secondary N) is 1. The van der Waals surface area contributed by atoms with E-state index >= 15 is 0 Å². The lowest BCUT2D eigenvalue weighted by molar-refractivity contribution is -0.134. The van der Waals surface area contributed by atoms with Gasteiger partial charge in [0.1, 0.15) is 12.3 Å². The third-order valence-electron chi connectivity index (χ3n) is 5.22. The number of hydrogen-bond donors (Lipinski definition) is 1. The number of thiophene rings is 1. The Balaban J connectivity index is 1.65. The van der Waals surface area contributed by atoms with Gasteiger partial charge in [0.05, 0.1) is 0 Å². The highest BCUT2D eigenvalue weighted by Gasteiger charge is 2.26. The minimum Gasteiger partial charge on any atom is -0.425 e. The van der Waals surface area contributed by atoms with Crippen LogP contribution in [0.15, 0.2) is 35.7 Å². The topological polar surface area (TPSA) is 58.6 Å². The van der Waals surface area contributed by atoms with Crippen molar-refractivity contribution in [1.29, 1.82) is 0 Å². The van der Waals surface area contributed by atoms with Gasteiger partial charge >= 0.3 is 5.97 Å². The molecule has 2 aromatic rings. The zero-order valence-corrected chi connectivity index (χ0v) is 17.2. The van der Waals surface area contributed by atoms with E-state index in [0.29, 0.717) is 18.2 Å². The first-order chi connectivity index (χ1) is 13.7. The number of carbonyl (C=O) groups excluding carboxylic acids is 2. The molecule has 1 aromatic carbocycles. The quantitative estimate of drug-likeness (QED) is 0.378. The summed E-state index contributed by atoms with van der Waals surface area (Å²) in [4.78, 5) is 26.3. The van der Waals surface area contributed by atoms with E-state index < -0.39 is 5.97 Å². The molecule has 3 rings (SSSR count). The number of fused-ring (bicyclic) bond motifs is 1. The molecule has 5 nitrogen and oxygen atoms in total. The van der Waals surface area contributed by atoms with E-state index in [2.05, 4.69) is 40.7 Å². The highest BCUT2D eigenvalue weighted by molar-refractivity contribution is 7.09. The fourth-order valence-corrected chi connectivity index (χ4v) is 4.61. The van der Waals surface area contributed by atoms with Gasteiger partial charge in [-0.15, -0.1) is 11.3 Å². The first-order valence-corrected chi connectivity index (χ1v) is 10.8. The van der Waals surface area contributed by atoms with Crippen LogP contribution in [0.5, 0.6) is 5.75 Å². The smallest absolute Gasteiger partial charge is 0.330 e. The lowest BCUT2D eigenvalue weighted by Crippen LogP contribution is -2.41. The average Bonchev–Trinajstić information content (AvgIpc) is 3.23. The summed E-state index contributed by atoms with van der Waals surface area (Å²) in [5, 5.41) is 4.49. The molecule has 0 fully saturated rings. The van der Waals surface area contributed by atoms with E-state index in [4.69, 9.17) is 4.74 Å². The summed E-state index contributed by atoms with van der Waals surface area (Å²) < 4.78 is 5.48. The van der Waals surface area contributed by atoms with Gasteiger partial charge < -0.3 is 10.1 Å². The maximum absolute atomic E-state index is 11.9. The molecule has 0 spiro atoms. The first-order valence-electron chi connectivity index (χ1n) is 9.96. The summed E-state index contributed by atoms with van der Waals surface area (Å²) in [6.07, 6.45) is 5.71. The predicted molar refractivity (Wildman–Crippen MR) is 112 cm³/mol. The van der Waals surface area contributed by atoms with Crippen molar-refractivity contribution in [3.05, 3.63) is 51.7 Å². The maximum atomic E-state index is 11.9. The molecular weight excluding hydrogens is 372 g/mol. The van der Waals surface area contributed by atoms with Gasteiger partial charge in [-0.25, -0.2) is 4.79 Å². The molecule has 1 aliphatic carbocycles. The second-order valence-corrected chi connectivity index (χ2v) is 8.16. The number of amides is 1. The molecular formula is C22H28N2O3S. The van der Waals surface area contributed by atoms with Gasteiger partial charge in [-0.3, -0.25) is 9.69 Å². The van der Waals surface area contributed by atoms with E-state index in [1.165, 1.54) is 10.4 Å². The number of carbonyl (C=O) groups is 2. The number of hydrogen-bond acceptors (Lipinski definition) is 5. The van der Waals surface area contributed by atoms with Gasteiger partial charge in [-0.05, 0) is 67.3 Å². The Morgan fingerprint density at radius 1 is 1.32 bits per heavy atom. The van der Waals surface area contributed by atoms with Crippen molar-refractivity contribution < 1.29 is 14.3 Å². The van der Waals surface area contributed by atoms with Crippen molar-refractivity contribution >= 4 is 23.7 Å². The van der Waals surface area contributed by atoms with E-state index in [9.17, 15) is 9.59 Å². The van der Waals surface area contributed by atoms with Crippen molar-refractivity contribution in [3.8, 4) is 5.75 Å². The Morgan fingerprint density at radius 3 is 2.96 bits per heavy atom. The molecule has 150 valence electrons. The Hall–Kier alpha value is -2.18. The molecule has 6 heteroatoms. The normalized spacial score (nSPS) is 15.9. The molecule has 0 bridgehead atoms. The van der Waals surface area contributed by atoms with Crippen LogP contribution < -0.4 is 10.1 Å². The standard InChI is InChI=1S/C22H28N2O3S/c1-2-11-24(12-10-19-6-4-13-28-19)18-8-9-20-17(14-18)5-3-7-21(20)27-22(26)15-23-16-25/h3-7,13,16,18H,2,8-12,14-15H2,1H3,(H,23,25)/t18-/m0/s1. The van der Waals surface area contributed by atoms with Crippen LogP contribution in [-0.2, 0) is 28.9 Å². The second-order valence-electron chi connectivity index (χ2n) is 7.13. The predicted octanol–water partition coefficient (Wildman–Crippen LogP) is 3.21. The van der Waals surface area contributed by atoms with E-state index in [0.717, 1.165) is 50.8 Å². The molecule has 0 saturated carbocycles. The van der Waals surface area contributed by atoms with Gasteiger partial charge in [0.2, 0.25) is 6.41 Å². The molecule has 1 N–H and O–H groups in total. The lowest BCUT2D eigenvalue weighted by Gasteiger charge is -2.35. The third-order valence-corrected chi connectivity index (χ3v) is 6.16. The second kappa shape index (κ2) is 10.4. The van der Waals surface area contributed by atoms with Gasteiger partial charge in [-0.1, -0.05) is 25.1 Å². The molecule has 0 radical (unpaired) electrons. The lowest BCUT2D eigenvalue weighted by atomic mass is 9.86. The third kappa shape index (κ3) is 5.42. The first kappa shape index (κ1) is 20.6. The summed E-state index contributed by atoms with van der Waals surface area (Å²) in [6.45, 7) is 4.32. The summed E-state index contributed by atoms with van der Waals surface area (Å²) in [7, 11) is 0. The van der Waals surface area contributed by atoms with E-state index in [1.54, 1.807) is 0 Å². The van der Waals surface area contributed by atoms with Crippen LogP contribution >= 0.6 is 11.3 Å². The molecule has 0 unspecified atom stereocenters. The van der Waals surface area contributed by atoms with Crippen LogP contribution in [-0.4, -0.2) is 43.0 Å². The number of ether oxygens (including phenoxy) is 1. The fourth-order valence-electron chi connectivity index (χ4n) is 3.92. The van der Waals surface area contributed by atoms with Gasteiger partial charge in [-0.2, -0.15) is 0 Å². The van der Waals surface area contributed by atoms with Gasteiger partial charge in [0.25, 0.3) is 0 Å². The largest absolute Gasteiger partial charge is 0.425 e. The van der Waals surface area contributed by atoms with Crippen molar-refractivity contribution in [1.82, 2.24) is 10.2 Å². The van der Waals surface area contributed by atoms with Crippen molar-refractivity contribution in [2.75, 3.05) is 19.6 Å². The van der Waals surface area contributed by atoms with Crippen LogP contribution in [0.4, 0.5) is 0 Å². The molecule has 0 aliphatic heterocycles. The molecule has 0 saturated heterocycles. The molecule has 1 atom stereocenters. The number of rotatable bonds is 10. The molecule has 28 heavy (non-hydrogen) atoms. The van der Waals surface area contributed by atoms with E-state index in [-0.39, 0.29) is 6.54 Å². The molecule has 1 amide bonds. The van der Waals surface area contributed by atoms with Crippen molar-refractivity contribution in [3.63, 3.8) is 0 Å². The Bertz CT molecular complexity index is 776. The zero-order valence-electron chi connectivity index (χ0n) is 16.4. The number of nitrogens with zero attached hydrogens (tertiary/aromatic N) is 1. The Morgan fingerprint density at radius 2 is 2.21 bits per heavy atom. The average molecular weight is 401 g/mol. The zero-order chi connectivity index (χ0) is 19.8. The highest BCUT2D eigenvalue weighted by atomic mass is 32.1. The molecule has 1 aliphatic rings.